The summed E-state index contributed by atoms with van der Waals surface area (Å²) in [5, 5.41) is 13.3. The summed E-state index contributed by atoms with van der Waals surface area (Å²) in [4.78, 5) is 13.7. The van der Waals surface area contributed by atoms with Crippen LogP contribution in [-0.4, -0.2) is 42.2 Å². The van der Waals surface area contributed by atoms with Crippen LogP contribution in [0.1, 0.15) is 48.5 Å². The average Bonchev–Trinajstić information content (AvgIpc) is 2.50. The first kappa shape index (κ1) is 17.0. The van der Waals surface area contributed by atoms with Gasteiger partial charge in [-0.25, -0.2) is 0 Å². The van der Waals surface area contributed by atoms with Crippen LogP contribution in [-0.2, 0) is 6.54 Å². The fraction of sp³-hybridized carbons (Fsp3) is 0.611. The van der Waals surface area contributed by atoms with E-state index < -0.39 is 5.60 Å². The summed E-state index contributed by atoms with van der Waals surface area (Å²) in [5.74, 6) is 0.674. The van der Waals surface area contributed by atoms with Crippen LogP contribution in [0.5, 0.6) is 0 Å². The topological polar surface area (TPSA) is 52.6 Å². The Morgan fingerprint density at radius 1 is 1.32 bits per heavy atom. The first-order chi connectivity index (χ1) is 10.4. The predicted octanol–water partition coefficient (Wildman–Crippen LogP) is 2.42. The molecule has 122 valence electrons. The molecule has 0 aromatic heterocycles. The molecule has 1 aliphatic carbocycles. The molecule has 0 spiro atoms. The Labute approximate surface area is 133 Å². The largest absolute Gasteiger partial charge is 0.389 e. The number of hydrogen-bond donors (Lipinski definition) is 2. The van der Waals surface area contributed by atoms with E-state index in [9.17, 15) is 9.90 Å². The number of hydrogen-bond acceptors (Lipinski definition) is 3. The van der Waals surface area contributed by atoms with E-state index in [1.54, 1.807) is 7.05 Å². The Morgan fingerprint density at radius 2 is 1.91 bits per heavy atom. The van der Waals surface area contributed by atoms with Crippen molar-refractivity contribution >= 4 is 5.91 Å². The highest BCUT2D eigenvalue weighted by atomic mass is 16.3. The molecule has 22 heavy (non-hydrogen) atoms. The van der Waals surface area contributed by atoms with Gasteiger partial charge in [-0.05, 0) is 56.3 Å². The fourth-order valence-corrected chi connectivity index (χ4v) is 3.23. The number of nitrogens with zero attached hydrogens (tertiary/aromatic N) is 1. The van der Waals surface area contributed by atoms with E-state index in [1.165, 1.54) is 0 Å². The van der Waals surface area contributed by atoms with Gasteiger partial charge in [0.25, 0.3) is 5.91 Å². The van der Waals surface area contributed by atoms with Gasteiger partial charge in [0.15, 0.2) is 0 Å². The minimum Gasteiger partial charge on any atom is -0.389 e. The lowest BCUT2D eigenvalue weighted by Crippen LogP contribution is -2.43. The van der Waals surface area contributed by atoms with Crippen molar-refractivity contribution in [3.05, 3.63) is 35.4 Å². The van der Waals surface area contributed by atoms with Crippen molar-refractivity contribution in [2.24, 2.45) is 5.92 Å². The third kappa shape index (κ3) is 4.55. The molecule has 2 rings (SSSR count). The van der Waals surface area contributed by atoms with E-state index >= 15 is 0 Å². The van der Waals surface area contributed by atoms with Gasteiger partial charge in [-0.2, -0.15) is 0 Å². The van der Waals surface area contributed by atoms with Crippen LogP contribution in [0.4, 0.5) is 0 Å². The Balaban J connectivity index is 1.89. The maximum Gasteiger partial charge on any atom is 0.251 e. The van der Waals surface area contributed by atoms with E-state index in [1.807, 2.05) is 31.3 Å². The number of amides is 1. The second-order valence-electron chi connectivity index (χ2n) is 6.86. The molecule has 0 bridgehead atoms. The quantitative estimate of drug-likeness (QED) is 0.878. The van der Waals surface area contributed by atoms with Crippen molar-refractivity contribution in [1.29, 1.82) is 0 Å². The molecule has 1 aromatic carbocycles. The zero-order valence-corrected chi connectivity index (χ0v) is 13.9. The zero-order valence-electron chi connectivity index (χ0n) is 13.9. The molecule has 0 heterocycles. The summed E-state index contributed by atoms with van der Waals surface area (Å²) >= 11 is 0. The summed E-state index contributed by atoms with van der Waals surface area (Å²) in [6.07, 6.45) is 4.03. The van der Waals surface area contributed by atoms with Gasteiger partial charge in [-0.15, -0.1) is 0 Å². The molecular formula is C18H28N2O2. The maximum atomic E-state index is 11.5. The molecule has 1 amide bonds. The molecule has 4 heteroatoms. The van der Waals surface area contributed by atoms with Crippen LogP contribution in [0.15, 0.2) is 24.3 Å². The van der Waals surface area contributed by atoms with Gasteiger partial charge in [0.2, 0.25) is 0 Å². The van der Waals surface area contributed by atoms with Crippen molar-refractivity contribution in [2.75, 3.05) is 20.6 Å². The van der Waals surface area contributed by atoms with Gasteiger partial charge in [0.05, 0.1) is 5.60 Å². The molecule has 0 saturated heterocycles. The number of carbonyl (C=O) groups excluding carboxylic acids is 1. The molecule has 1 aliphatic rings. The van der Waals surface area contributed by atoms with Crippen molar-refractivity contribution in [3.63, 3.8) is 0 Å². The lowest BCUT2D eigenvalue weighted by molar-refractivity contribution is -0.0315. The molecule has 1 aromatic rings. The van der Waals surface area contributed by atoms with Crippen LogP contribution in [0, 0.1) is 5.92 Å². The van der Waals surface area contributed by atoms with E-state index in [0.29, 0.717) is 12.1 Å². The standard InChI is InChI=1S/C18H28N2O2/c1-14-8-10-18(22,11-9-14)13-20(3)12-15-4-6-16(7-5-15)17(21)19-2/h4-7,14,22H,8-13H2,1-3H3,(H,19,21). The number of nitrogens with one attached hydrogen (secondary N) is 1. The maximum absolute atomic E-state index is 11.5. The second kappa shape index (κ2) is 7.25. The molecule has 2 N–H and O–H groups in total. The van der Waals surface area contributed by atoms with Crippen LogP contribution in [0.2, 0.25) is 0 Å². The van der Waals surface area contributed by atoms with E-state index in [4.69, 9.17) is 0 Å². The fourth-order valence-electron chi connectivity index (χ4n) is 3.23. The minimum absolute atomic E-state index is 0.0643. The van der Waals surface area contributed by atoms with Gasteiger partial charge in [0.1, 0.15) is 0 Å². The van der Waals surface area contributed by atoms with Gasteiger partial charge in [-0.3, -0.25) is 9.69 Å². The third-order valence-electron chi connectivity index (χ3n) is 4.66. The van der Waals surface area contributed by atoms with Crippen LogP contribution >= 0.6 is 0 Å². The summed E-state index contributed by atoms with van der Waals surface area (Å²) in [6.45, 7) is 3.75. The molecule has 4 nitrogen and oxygen atoms in total. The number of likely N-dealkylation sites (N-methyl/N-ethyl adjacent to an activating group) is 1. The van der Waals surface area contributed by atoms with E-state index in [0.717, 1.165) is 43.7 Å². The monoisotopic (exact) mass is 304 g/mol. The third-order valence-corrected chi connectivity index (χ3v) is 4.66. The number of benzene rings is 1. The Hall–Kier alpha value is -1.39. The lowest BCUT2D eigenvalue weighted by atomic mass is 9.79. The SMILES string of the molecule is CNC(=O)c1ccc(CN(C)CC2(O)CCC(C)CC2)cc1. The van der Waals surface area contributed by atoms with E-state index in [-0.39, 0.29) is 5.91 Å². The summed E-state index contributed by atoms with van der Waals surface area (Å²) < 4.78 is 0. The number of rotatable bonds is 5. The predicted molar refractivity (Wildman–Crippen MR) is 88.7 cm³/mol. The highest BCUT2D eigenvalue weighted by Gasteiger charge is 2.32. The minimum atomic E-state index is -0.538. The molecular weight excluding hydrogens is 276 g/mol. The Kier molecular flexibility index (Phi) is 5.59. The molecule has 0 unspecified atom stereocenters. The first-order valence-corrected chi connectivity index (χ1v) is 8.14. The van der Waals surface area contributed by atoms with Crippen molar-refractivity contribution in [2.45, 2.75) is 44.8 Å². The smallest absolute Gasteiger partial charge is 0.251 e. The highest BCUT2D eigenvalue weighted by molar-refractivity contribution is 5.93. The van der Waals surface area contributed by atoms with Crippen LogP contribution < -0.4 is 5.32 Å². The van der Waals surface area contributed by atoms with Gasteiger partial charge < -0.3 is 10.4 Å². The van der Waals surface area contributed by atoms with Crippen LogP contribution in [0.25, 0.3) is 0 Å². The van der Waals surface area contributed by atoms with Crippen molar-refractivity contribution < 1.29 is 9.90 Å². The van der Waals surface area contributed by atoms with Gasteiger partial charge in [-0.1, -0.05) is 19.1 Å². The lowest BCUT2D eigenvalue weighted by Gasteiger charge is -2.37. The summed E-state index contributed by atoms with van der Waals surface area (Å²) in [6, 6.07) is 7.65. The Morgan fingerprint density at radius 3 is 2.45 bits per heavy atom. The molecule has 1 saturated carbocycles. The summed E-state index contributed by atoms with van der Waals surface area (Å²) in [7, 11) is 3.68. The average molecular weight is 304 g/mol. The number of aliphatic hydroxyl groups is 1. The second-order valence-corrected chi connectivity index (χ2v) is 6.86. The molecule has 0 radical (unpaired) electrons. The normalized spacial score (nSPS) is 25.2. The molecule has 0 atom stereocenters. The Bertz CT molecular complexity index is 490. The van der Waals surface area contributed by atoms with Gasteiger partial charge in [0, 0.05) is 25.7 Å². The van der Waals surface area contributed by atoms with Gasteiger partial charge >= 0.3 is 0 Å². The first-order valence-electron chi connectivity index (χ1n) is 8.14. The summed E-state index contributed by atoms with van der Waals surface area (Å²) in [5.41, 5.74) is 1.29. The molecule has 0 aliphatic heterocycles. The zero-order chi connectivity index (χ0) is 16.2. The highest BCUT2D eigenvalue weighted by Crippen LogP contribution is 2.32. The van der Waals surface area contributed by atoms with E-state index in [2.05, 4.69) is 17.1 Å². The number of carbonyl (C=O) groups is 1. The van der Waals surface area contributed by atoms with Crippen molar-refractivity contribution in [3.8, 4) is 0 Å². The van der Waals surface area contributed by atoms with Crippen LogP contribution in [0.3, 0.4) is 0 Å². The molecule has 1 fully saturated rings. The van der Waals surface area contributed by atoms with Crippen molar-refractivity contribution in [1.82, 2.24) is 10.2 Å².